The van der Waals surface area contributed by atoms with Crippen LogP contribution in [0, 0.1) is 22.7 Å². The number of halogens is 1. The minimum absolute atomic E-state index is 0.0517. The van der Waals surface area contributed by atoms with Crippen molar-refractivity contribution < 1.29 is 23.8 Å². The van der Waals surface area contributed by atoms with Crippen LogP contribution in [0.3, 0.4) is 0 Å². The predicted octanol–water partition coefficient (Wildman–Crippen LogP) is 4.49. The van der Waals surface area contributed by atoms with E-state index in [0.29, 0.717) is 66.9 Å². The summed E-state index contributed by atoms with van der Waals surface area (Å²) in [7, 11) is 0. The van der Waals surface area contributed by atoms with Gasteiger partial charge in [-0.2, -0.15) is 10.5 Å². The highest BCUT2D eigenvalue weighted by Crippen LogP contribution is 2.21. The number of ether oxygens (including phenoxy) is 3. The van der Waals surface area contributed by atoms with E-state index < -0.39 is 5.60 Å². The van der Waals surface area contributed by atoms with Crippen molar-refractivity contribution in [1.29, 1.82) is 10.5 Å². The molecular formula is C27H33ClN6O5. The fourth-order valence-corrected chi connectivity index (χ4v) is 3.63. The van der Waals surface area contributed by atoms with Crippen molar-refractivity contribution in [2.45, 2.75) is 59.1 Å². The Morgan fingerprint density at radius 1 is 1.03 bits per heavy atom. The van der Waals surface area contributed by atoms with Gasteiger partial charge in [0.2, 0.25) is 0 Å². The molecular weight excluding hydrogens is 524 g/mol. The van der Waals surface area contributed by atoms with Crippen molar-refractivity contribution in [3.63, 3.8) is 0 Å². The van der Waals surface area contributed by atoms with E-state index in [4.69, 9.17) is 36.3 Å². The van der Waals surface area contributed by atoms with Crippen molar-refractivity contribution in [1.82, 2.24) is 20.2 Å². The van der Waals surface area contributed by atoms with Gasteiger partial charge in [-0.1, -0.05) is 11.6 Å². The topological polar surface area (TPSA) is 150 Å². The van der Waals surface area contributed by atoms with Gasteiger partial charge in [-0.3, -0.25) is 4.79 Å². The summed E-state index contributed by atoms with van der Waals surface area (Å²) in [5, 5.41) is 20.9. The van der Waals surface area contributed by atoms with Gasteiger partial charge >= 0.3 is 6.09 Å². The summed E-state index contributed by atoms with van der Waals surface area (Å²) < 4.78 is 15.9. The van der Waals surface area contributed by atoms with E-state index in [1.807, 2.05) is 39.8 Å². The van der Waals surface area contributed by atoms with Crippen molar-refractivity contribution >= 4 is 23.6 Å². The number of nitrogens with one attached hydrogen (secondary N) is 1. The number of carbonyl (C=O) groups excluding carboxylic acids is 2. The van der Waals surface area contributed by atoms with Gasteiger partial charge in [0.25, 0.3) is 5.91 Å². The average molecular weight is 557 g/mol. The summed E-state index contributed by atoms with van der Waals surface area (Å²) >= 11 is 5.61. The monoisotopic (exact) mass is 556 g/mol. The van der Waals surface area contributed by atoms with Crippen LogP contribution < -0.4 is 14.8 Å². The molecule has 1 N–H and O–H groups in total. The van der Waals surface area contributed by atoms with Crippen molar-refractivity contribution in [3.8, 4) is 23.6 Å². The number of piperidine rings is 1. The minimum atomic E-state index is -0.526. The van der Waals surface area contributed by atoms with Crippen molar-refractivity contribution in [3.05, 3.63) is 46.5 Å². The second-order valence-corrected chi connectivity index (χ2v) is 9.76. The fourth-order valence-electron chi connectivity index (χ4n) is 3.48. The smallest absolute Gasteiger partial charge is 0.410 e. The summed E-state index contributed by atoms with van der Waals surface area (Å²) in [6, 6.07) is 6.91. The first-order valence-electron chi connectivity index (χ1n) is 12.5. The van der Waals surface area contributed by atoms with Crippen LogP contribution in [0.25, 0.3) is 0 Å². The molecule has 1 aliphatic heterocycles. The lowest BCUT2D eigenvalue weighted by molar-refractivity contribution is 0.0199. The van der Waals surface area contributed by atoms with Crippen LogP contribution in [0.2, 0.25) is 5.15 Å². The summed E-state index contributed by atoms with van der Waals surface area (Å²) in [5.41, 5.74) is 0.370. The van der Waals surface area contributed by atoms with E-state index in [1.54, 1.807) is 11.8 Å². The molecule has 0 saturated carbocycles. The number of nitriles is 2. The molecule has 39 heavy (non-hydrogen) atoms. The molecule has 208 valence electrons. The first-order valence-corrected chi connectivity index (χ1v) is 12.9. The molecule has 1 saturated heterocycles. The van der Waals surface area contributed by atoms with E-state index in [2.05, 4.69) is 15.3 Å². The number of hydrogen-bond donors (Lipinski definition) is 1. The summed E-state index contributed by atoms with van der Waals surface area (Å²) in [4.78, 5) is 34.0. The van der Waals surface area contributed by atoms with Crippen LogP contribution in [-0.2, 0) is 4.74 Å². The molecule has 3 rings (SSSR count). The first kappa shape index (κ1) is 31.1. The predicted molar refractivity (Wildman–Crippen MR) is 144 cm³/mol. The number of hydrogen-bond acceptors (Lipinski definition) is 9. The number of aromatic nitrogens is 2. The Balaban J connectivity index is 0.000000370. The second-order valence-electron chi connectivity index (χ2n) is 9.37. The lowest BCUT2D eigenvalue weighted by Crippen LogP contribution is -2.47. The Morgan fingerprint density at radius 3 is 2.08 bits per heavy atom. The average Bonchev–Trinajstić information content (AvgIpc) is 2.89. The van der Waals surface area contributed by atoms with Crippen LogP contribution in [0.15, 0.2) is 24.5 Å². The molecule has 3 heterocycles. The largest absolute Gasteiger partial charge is 0.492 e. The van der Waals surface area contributed by atoms with E-state index in [-0.39, 0.29) is 23.7 Å². The Bertz CT molecular complexity index is 1230. The summed E-state index contributed by atoms with van der Waals surface area (Å²) in [6.07, 6.45) is 3.68. The van der Waals surface area contributed by atoms with Crippen LogP contribution in [0.4, 0.5) is 4.79 Å². The zero-order chi connectivity index (χ0) is 29.0. The minimum Gasteiger partial charge on any atom is -0.492 e. The maximum atomic E-state index is 12.5. The van der Waals surface area contributed by atoms with Crippen LogP contribution in [0.1, 0.15) is 69.1 Å². The van der Waals surface area contributed by atoms with Gasteiger partial charge in [0, 0.05) is 37.5 Å². The number of pyridine rings is 2. The number of nitrogens with zero attached hydrogens (tertiary/aromatic N) is 5. The molecule has 11 nitrogen and oxygen atoms in total. The Morgan fingerprint density at radius 2 is 1.56 bits per heavy atom. The third-order valence-corrected chi connectivity index (χ3v) is 5.46. The Kier molecular flexibility index (Phi) is 11.8. The van der Waals surface area contributed by atoms with Crippen molar-refractivity contribution in [2.24, 2.45) is 0 Å². The molecule has 0 spiro atoms. The molecule has 2 amide bonds. The lowest BCUT2D eigenvalue weighted by Gasteiger charge is -2.33. The van der Waals surface area contributed by atoms with Gasteiger partial charge < -0.3 is 24.4 Å². The highest BCUT2D eigenvalue weighted by atomic mass is 35.5. The Hall–Kier alpha value is -4.09. The quantitative estimate of drug-likeness (QED) is 0.507. The zero-order valence-electron chi connectivity index (χ0n) is 22.8. The molecule has 0 bridgehead atoms. The third kappa shape index (κ3) is 9.95. The van der Waals surface area contributed by atoms with E-state index in [1.165, 1.54) is 24.5 Å². The summed E-state index contributed by atoms with van der Waals surface area (Å²) in [5.74, 6) is 0.510. The lowest BCUT2D eigenvalue weighted by atomic mass is 10.1. The van der Waals surface area contributed by atoms with Crippen LogP contribution in [0.5, 0.6) is 11.5 Å². The molecule has 0 aromatic carbocycles. The van der Waals surface area contributed by atoms with Gasteiger partial charge in [-0.15, -0.1) is 0 Å². The number of rotatable bonds is 6. The second kappa shape index (κ2) is 14.7. The van der Waals surface area contributed by atoms with Crippen LogP contribution >= 0.6 is 11.6 Å². The highest BCUT2D eigenvalue weighted by Gasteiger charge is 2.28. The molecule has 0 unspecified atom stereocenters. The van der Waals surface area contributed by atoms with Gasteiger partial charge in [-0.25, -0.2) is 14.8 Å². The standard InChI is InChI=1S/C19H26N4O4.C8H7ClN2O/c1-5-26-16-10-15(21-12-13(16)11-20)17(24)22-14-6-8-23(9-7-14)18(25)27-19(2,3)4;1-2-12-7-3-8(9)11-5-6(7)4-10/h10,12,14H,5-9H2,1-4H3,(H,22,24);3,5H,2H2,1H3. The van der Waals surface area contributed by atoms with Gasteiger partial charge in [-0.05, 0) is 47.5 Å². The van der Waals surface area contributed by atoms with Gasteiger partial charge in [0.05, 0.1) is 19.4 Å². The third-order valence-electron chi connectivity index (χ3n) is 5.25. The number of amides is 2. The molecule has 1 aliphatic rings. The molecule has 0 radical (unpaired) electrons. The van der Waals surface area contributed by atoms with E-state index >= 15 is 0 Å². The van der Waals surface area contributed by atoms with E-state index in [0.717, 1.165) is 0 Å². The first-order chi connectivity index (χ1) is 18.5. The molecule has 2 aromatic rings. The fraction of sp³-hybridized carbons (Fsp3) is 0.481. The SMILES string of the molecule is CCOc1cc(C(=O)NC2CCN(C(=O)OC(C)(C)C)CC2)ncc1C#N.CCOc1cc(Cl)ncc1C#N. The van der Waals surface area contributed by atoms with Gasteiger partial charge in [0.1, 0.15) is 51.2 Å². The van der Waals surface area contributed by atoms with Gasteiger partial charge in [0.15, 0.2) is 0 Å². The van der Waals surface area contributed by atoms with Crippen molar-refractivity contribution in [2.75, 3.05) is 26.3 Å². The molecule has 12 heteroatoms. The highest BCUT2D eigenvalue weighted by molar-refractivity contribution is 6.29. The Labute approximate surface area is 233 Å². The normalized spacial score (nSPS) is 13.2. The number of carbonyl (C=O) groups is 2. The maximum Gasteiger partial charge on any atom is 0.410 e. The molecule has 1 fully saturated rings. The maximum absolute atomic E-state index is 12.5. The molecule has 2 aromatic heterocycles. The summed E-state index contributed by atoms with van der Waals surface area (Å²) in [6.45, 7) is 11.1. The molecule has 0 aliphatic carbocycles. The van der Waals surface area contributed by atoms with E-state index in [9.17, 15) is 9.59 Å². The number of likely N-dealkylation sites (tertiary alicyclic amines) is 1. The van der Waals surface area contributed by atoms with Crippen LogP contribution in [-0.4, -0.2) is 64.8 Å². The molecule has 0 atom stereocenters. The zero-order valence-corrected chi connectivity index (χ0v) is 23.5.